The molecule has 0 radical (unpaired) electrons. The van der Waals surface area contributed by atoms with Gasteiger partial charge in [-0.2, -0.15) is 0 Å². The van der Waals surface area contributed by atoms with Crippen molar-refractivity contribution in [2.24, 2.45) is 0 Å². The van der Waals surface area contributed by atoms with Gasteiger partial charge in [-0.1, -0.05) is 54.6 Å². The topological polar surface area (TPSA) is 79.2 Å². The number of imidazole rings is 1. The van der Waals surface area contributed by atoms with Crippen LogP contribution in [0.2, 0.25) is 0 Å². The molecule has 3 aromatic carbocycles. The van der Waals surface area contributed by atoms with Gasteiger partial charge in [0, 0.05) is 34.7 Å². The molecule has 0 aliphatic carbocycles. The van der Waals surface area contributed by atoms with E-state index in [1.807, 2.05) is 65.4 Å². The summed E-state index contributed by atoms with van der Waals surface area (Å²) in [6.45, 7) is 1.96. The fraction of sp³-hybridized carbons (Fsp3) is 0.214. The molecular weight excluding hydrogens is 622 g/mol. The Kier molecular flexibility index (Phi) is 13.1. The van der Waals surface area contributed by atoms with Gasteiger partial charge in [0.15, 0.2) is 0 Å². The molecule has 1 heterocycles. The Morgan fingerprint density at radius 3 is 2.32 bits per heavy atom. The van der Waals surface area contributed by atoms with Crippen LogP contribution in [0.15, 0.2) is 91.3 Å². The molecule has 1 amide bonds. The highest BCUT2D eigenvalue weighted by atomic mass is 127. The minimum Gasteiger partial charge on any atom is -0.387 e. The van der Waals surface area contributed by atoms with Crippen LogP contribution in [0, 0.1) is 3.57 Å². The average molecular weight is 653 g/mol. The molecule has 1 aromatic heterocycles. The van der Waals surface area contributed by atoms with Crippen LogP contribution in [0.3, 0.4) is 0 Å². The molecule has 1 atom stereocenters. The average Bonchev–Trinajstić information content (AvgIpc) is 3.30. The molecule has 0 saturated carbocycles. The largest absolute Gasteiger partial charge is 0.387 e. The number of amides is 1. The zero-order chi connectivity index (χ0) is 24.5. The summed E-state index contributed by atoms with van der Waals surface area (Å²) >= 11 is 2.29. The maximum Gasteiger partial charge on any atom is 0.231 e. The highest BCUT2D eigenvalue weighted by molar-refractivity contribution is 14.1. The first-order chi connectivity index (χ1) is 17.1. The Labute approximate surface area is 243 Å². The van der Waals surface area contributed by atoms with Crippen LogP contribution in [0.5, 0.6) is 0 Å². The third-order valence-corrected chi connectivity index (χ3v) is 6.46. The SMILES string of the molecule is Cl.Cl.O=C(Cc1nccn1Cc1ccc(I)cc1)Nc1ccc(CCNC[C@H](O)c2ccccc2)cc1. The third-order valence-electron chi connectivity index (χ3n) is 5.74. The summed E-state index contributed by atoms with van der Waals surface area (Å²) in [5.74, 6) is 0.644. The number of hydrogen-bond donors (Lipinski definition) is 3. The van der Waals surface area contributed by atoms with Crippen LogP contribution in [0.25, 0.3) is 0 Å². The molecule has 0 bridgehead atoms. The summed E-state index contributed by atoms with van der Waals surface area (Å²) < 4.78 is 3.20. The van der Waals surface area contributed by atoms with Crippen molar-refractivity contribution in [1.82, 2.24) is 14.9 Å². The predicted octanol–water partition coefficient (Wildman–Crippen LogP) is 5.43. The van der Waals surface area contributed by atoms with Gasteiger partial charge in [0.25, 0.3) is 0 Å². The van der Waals surface area contributed by atoms with Crippen molar-refractivity contribution in [3.05, 3.63) is 117 Å². The molecule has 6 nitrogen and oxygen atoms in total. The molecule has 0 fully saturated rings. The smallest absolute Gasteiger partial charge is 0.231 e. The van der Waals surface area contributed by atoms with Crippen molar-refractivity contribution < 1.29 is 9.90 Å². The second kappa shape index (κ2) is 15.7. The Bertz CT molecular complexity index is 1220. The third kappa shape index (κ3) is 9.75. The zero-order valence-electron chi connectivity index (χ0n) is 20.2. The van der Waals surface area contributed by atoms with Gasteiger partial charge in [0.05, 0.1) is 12.5 Å². The molecule has 9 heteroatoms. The normalized spacial score (nSPS) is 11.2. The molecule has 196 valence electrons. The van der Waals surface area contributed by atoms with E-state index in [-0.39, 0.29) is 37.1 Å². The number of nitrogens with one attached hydrogen (secondary N) is 2. The summed E-state index contributed by atoms with van der Waals surface area (Å²) in [5.41, 5.74) is 4.02. The van der Waals surface area contributed by atoms with Crippen LogP contribution in [-0.2, 0) is 24.2 Å². The highest BCUT2D eigenvalue weighted by Gasteiger charge is 2.10. The van der Waals surface area contributed by atoms with Gasteiger partial charge < -0.3 is 20.3 Å². The maximum atomic E-state index is 12.6. The Morgan fingerprint density at radius 2 is 1.62 bits per heavy atom. The first-order valence-electron chi connectivity index (χ1n) is 11.6. The number of carbonyl (C=O) groups excluding carboxylic acids is 1. The standard InChI is InChI=1S/C28H29IN4O2.2ClH/c29-24-10-6-22(7-11-24)20-33-17-16-31-27(33)18-28(35)32-25-12-8-21(9-13-25)14-15-30-19-26(34)23-4-2-1-3-5-23;;/h1-13,16-17,26,30,34H,14-15,18-20H2,(H,32,35);2*1H/t26-;;/m0../s1. The van der Waals surface area contributed by atoms with Gasteiger partial charge >= 0.3 is 0 Å². The molecule has 3 N–H and O–H groups in total. The lowest BCUT2D eigenvalue weighted by atomic mass is 10.1. The van der Waals surface area contributed by atoms with Crippen molar-refractivity contribution in [1.29, 1.82) is 0 Å². The number of rotatable bonds is 11. The number of aliphatic hydroxyl groups is 1. The molecule has 4 aromatic rings. The van der Waals surface area contributed by atoms with E-state index in [9.17, 15) is 9.90 Å². The molecule has 0 spiro atoms. The molecule has 0 aliphatic heterocycles. The number of carbonyl (C=O) groups is 1. The van der Waals surface area contributed by atoms with Crippen LogP contribution < -0.4 is 10.6 Å². The number of aromatic nitrogens is 2. The minimum absolute atomic E-state index is 0. The van der Waals surface area contributed by atoms with E-state index in [0.717, 1.165) is 35.6 Å². The van der Waals surface area contributed by atoms with Gasteiger partial charge in [0.2, 0.25) is 5.91 Å². The lowest BCUT2D eigenvalue weighted by Crippen LogP contribution is -2.23. The minimum atomic E-state index is -0.513. The molecule has 4 rings (SSSR count). The van der Waals surface area contributed by atoms with Crippen molar-refractivity contribution in [2.45, 2.75) is 25.5 Å². The quantitative estimate of drug-likeness (QED) is 0.149. The van der Waals surface area contributed by atoms with E-state index < -0.39 is 6.10 Å². The summed E-state index contributed by atoms with van der Waals surface area (Å²) in [5, 5.41) is 16.5. The van der Waals surface area contributed by atoms with Crippen LogP contribution in [-0.4, -0.2) is 33.7 Å². The number of anilines is 1. The highest BCUT2D eigenvalue weighted by Crippen LogP contribution is 2.13. The number of halogens is 3. The summed E-state index contributed by atoms with van der Waals surface area (Å²) in [6, 6.07) is 25.9. The number of hydrogen-bond acceptors (Lipinski definition) is 4. The fourth-order valence-corrected chi connectivity index (χ4v) is 4.17. The lowest BCUT2D eigenvalue weighted by molar-refractivity contribution is -0.115. The second-order valence-electron chi connectivity index (χ2n) is 8.40. The van der Waals surface area contributed by atoms with Crippen molar-refractivity contribution in [2.75, 3.05) is 18.4 Å². The Hall–Kier alpha value is -2.43. The van der Waals surface area contributed by atoms with E-state index in [1.54, 1.807) is 6.20 Å². The monoisotopic (exact) mass is 652 g/mol. The van der Waals surface area contributed by atoms with Crippen molar-refractivity contribution >= 4 is 59.0 Å². The molecular formula is C28H31Cl2IN4O2. The van der Waals surface area contributed by atoms with E-state index in [4.69, 9.17) is 0 Å². The summed E-state index contributed by atoms with van der Waals surface area (Å²) in [6.07, 6.45) is 4.18. The van der Waals surface area contributed by atoms with Gasteiger partial charge in [-0.25, -0.2) is 4.98 Å². The van der Waals surface area contributed by atoms with E-state index in [0.29, 0.717) is 13.1 Å². The summed E-state index contributed by atoms with van der Waals surface area (Å²) in [7, 11) is 0. The van der Waals surface area contributed by atoms with E-state index >= 15 is 0 Å². The Morgan fingerprint density at radius 1 is 0.946 bits per heavy atom. The van der Waals surface area contributed by atoms with Crippen LogP contribution >= 0.6 is 47.4 Å². The molecule has 0 unspecified atom stereocenters. The number of aliphatic hydroxyl groups excluding tert-OH is 1. The molecule has 0 aliphatic rings. The van der Waals surface area contributed by atoms with Gasteiger partial charge in [-0.3, -0.25) is 4.79 Å². The first-order valence-corrected chi connectivity index (χ1v) is 12.7. The second-order valence-corrected chi connectivity index (χ2v) is 9.65. The van der Waals surface area contributed by atoms with Crippen molar-refractivity contribution in [3.8, 4) is 0 Å². The Balaban J connectivity index is 0.00000241. The number of nitrogens with zero attached hydrogens (tertiary/aromatic N) is 2. The van der Waals surface area contributed by atoms with Gasteiger partial charge in [-0.15, -0.1) is 24.8 Å². The van der Waals surface area contributed by atoms with Gasteiger partial charge in [-0.05, 0) is 76.5 Å². The molecule has 37 heavy (non-hydrogen) atoms. The van der Waals surface area contributed by atoms with E-state index in [2.05, 4.69) is 62.5 Å². The number of benzene rings is 3. The molecule has 0 saturated heterocycles. The predicted molar refractivity (Wildman–Crippen MR) is 162 cm³/mol. The fourth-order valence-electron chi connectivity index (χ4n) is 3.81. The zero-order valence-corrected chi connectivity index (χ0v) is 24.0. The summed E-state index contributed by atoms with van der Waals surface area (Å²) in [4.78, 5) is 17.0. The lowest BCUT2D eigenvalue weighted by Gasteiger charge is -2.12. The first kappa shape index (κ1) is 30.8. The van der Waals surface area contributed by atoms with E-state index in [1.165, 1.54) is 9.13 Å². The van der Waals surface area contributed by atoms with Crippen molar-refractivity contribution in [3.63, 3.8) is 0 Å². The van der Waals surface area contributed by atoms with Gasteiger partial charge in [0.1, 0.15) is 5.82 Å². The maximum absolute atomic E-state index is 12.6. The van der Waals surface area contributed by atoms with Crippen LogP contribution in [0.1, 0.15) is 28.6 Å². The van der Waals surface area contributed by atoms with Crippen LogP contribution in [0.4, 0.5) is 5.69 Å².